The number of anilines is 1. The van der Waals surface area contributed by atoms with Crippen molar-refractivity contribution in [1.29, 1.82) is 0 Å². The molecule has 2 aromatic carbocycles. The van der Waals surface area contributed by atoms with E-state index in [-0.39, 0.29) is 17.7 Å². The fraction of sp³-hybridized carbons (Fsp3) is 0.0476. The van der Waals surface area contributed by atoms with Gasteiger partial charge in [-0.3, -0.25) is 14.2 Å². The van der Waals surface area contributed by atoms with Gasteiger partial charge in [-0.1, -0.05) is 30.3 Å². The maximum atomic E-state index is 13.0. The quantitative estimate of drug-likeness (QED) is 0.529. The monoisotopic (exact) mass is 405 g/mol. The van der Waals surface area contributed by atoms with E-state index in [2.05, 4.69) is 10.3 Å². The lowest BCUT2D eigenvalue weighted by molar-refractivity contribution is -0.116. The van der Waals surface area contributed by atoms with E-state index in [9.17, 15) is 14.4 Å². The first-order chi connectivity index (χ1) is 14.0. The van der Waals surface area contributed by atoms with Crippen LogP contribution in [0.1, 0.15) is 10.4 Å². The van der Waals surface area contributed by atoms with Crippen molar-refractivity contribution >= 4 is 39.1 Å². The topological polar surface area (TPSA) is 101 Å². The molecule has 0 aliphatic heterocycles. The van der Waals surface area contributed by atoms with Gasteiger partial charge in [-0.15, -0.1) is 11.3 Å². The third kappa shape index (κ3) is 3.78. The second-order valence-electron chi connectivity index (χ2n) is 6.30. The molecular weight excluding hydrogens is 390 g/mol. The van der Waals surface area contributed by atoms with E-state index in [1.165, 1.54) is 46.5 Å². The molecule has 0 saturated heterocycles. The Morgan fingerprint density at radius 1 is 1.07 bits per heavy atom. The fourth-order valence-corrected chi connectivity index (χ4v) is 3.87. The standard InChI is InChI=1S/C21H15N3O4S/c25-17(23-15-8-6-14(7-9-15)21(27)28)10-24-12-22-19-18(20(24)26)16(11-29-19)13-4-2-1-3-5-13/h1-9,11-12H,10H2,(H,23,25)(H,27,28). The van der Waals surface area contributed by atoms with E-state index in [4.69, 9.17) is 5.11 Å². The van der Waals surface area contributed by atoms with Crippen molar-refractivity contribution < 1.29 is 14.7 Å². The summed E-state index contributed by atoms with van der Waals surface area (Å²) in [4.78, 5) is 41.2. The number of thiophene rings is 1. The Bertz CT molecular complexity index is 1260. The number of hydrogen-bond acceptors (Lipinski definition) is 5. The molecule has 2 N–H and O–H groups in total. The predicted octanol–water partition coefficient (Wildman–Crippen LogP) is 3.46. The highest BCUT2D eigenvalue weighted by Crippen LogP contribution is 2.30. The Morgan fingerprint density at radius 3 is 2.48 bits per heavy atom. The number of aromatic nitrogens is 2. The Kier molecular flexibility index (Phi) is 4.92. The lowest BCUT2D eigenvalue weighted by Gasteiger charge is -2.08. The average molecular weight is 405 g/mol. The zero-order valence-corrected chi connectivity index (χ0v) is 15.8. The molecule has 4 aromatic rings. The van der Waals surface area contributed by atoms with Crippen LogP contribution >= 0.6 is 11.3 Å². The molecule has 4 rings (SSSR count). The zero-order chi connectivity index (χ0) is 20.4. The van der Waals surface area contributed by atoms with Gasteiger partial charge in [0.05, 0.1) is 17.3 Å². The highest BCUT2D eigenvalue weighted by molar-refractivity contribution is 7.17. The number of carboxylic acids is 1. The lowest BCUT2D eigenvalue weighted by atomic mass is 10.1. The summed E-state index contributed by atoms with van der Waals surface area (Å²) < 4.78 is 1.27. The van der Waals surface area contributed by atoms with E-state index in [0.29, 0.717) is 15.9 Å². The number of nitrogens with one attached hydrogen (secondary N) is 1. The number of carbonyl (C=O) groups excluding carboxylic acids is 1. The van der Waals surface area contributed by atoms with Crippen LogP contribution in [0, 0.1) is 0 Å². The number of nitrogens with zero attached hydrogens (tertiary/aromatic N) is 2. The van der Waals surface area contributed by atoms with Gasteiger partial charge in [-0.05, 0) is 29.8 Å². The summed E-state index contributed by atoms with van der Waals surface area (Å²) in [6.45, 7) is -0.202. The van der Waals surface area contributed by atoms with Crippen molar-refractivity contribution in [3.63, 3.8) is 0 Å². The third-order valence-corrected chi connectivity index (χ3v) is 5.26. The van der Waals surface area contributed by atoms with Crippen LogP contribution < -0.4 is 10.9 Å². The SMILES string of the molecule is O=C(Cn1cnc2scc(-c3ccccc3)c2c1=O)Nc1ccc(C(=O)O)cc1. The molecule has 0 radical (unpaired) electrons. The van der Waals surface area contributed by atoms with Crippen LogP contribution in [0.15, 0.2) is 71.1 Å². The Labute approximate surface area is 168 Å². The Balaban J connectivity index is 1.59. The second kappa shape index (κ2) is 7.69. The summed E-state index contributed by atoms with van der Waals surface area (Å²) >= 11 is 1.38. The fourth-order valence-electron chi connectivity index (χ4n) is 2.96. The van der Waals surface area contributed by atoms with Crippen LogP contribution in [0.4, 0.5) is 5.69 Å². The summed E-state index contributed by atoms with van der Waals surface area (Å²) in [6.07, 6.45) is 1.36. The van der Waals surface area contributed by atoms with Crippen LogP contribution in [0.3, 0.4) is 0 Å². The van der Waals surface area contributed by atoms with Gasteiger partial charge >= 0.3 is 5.97 Å². The number of benzene rings is 2. The van der Waals surface area contributed by atoms with Gasteiger partial charge in [-0.25, -0.2) is 9.78 Å². The lowest BCUT2D eigenvalue weighted by Crippen LogP contribution is -2.27. The molecular formula is C21H15N3O4S. The van der Waals surface area contributed by atoms with E-state index < -0.39 is 11.9 Å². The number of aromatic carboxylic acids is 1. The maximum Gasteiger partial charge on any atom is 0.335 e. The van der Waals surface area contributed by atoms with Gasteiger partial charge < -0.3 is 10.4 Å². The largest absolute Gasteiger partial charge is 0.478 e. The molecule has 0 saturated carbocycles. The number of amides is 1. The maximum absolute atomic E-state index is 13.0. The van der Waals surface area contributed by atoms with Crippen LogP contribution in [-0.2, 0) is 11.3 Å². The van der Waals surface area contributed by atoms with Crippen LogP contribution in [0.5, 0.6) is 0 Å². The number of hydrogen-bond donors (Lipinski definition) is 2. The smallest absolute Gasteiger partial charge is 0.335 e. The zero-order valence-electron chi connectivity index (χ0n) is 15.0. The van der Waals surface area contributed by atoms with Crippen molar-refractivity contribution in [3.8, 4) is 11.1 Å². The van der Waals surface area contributed by atoms with Gasteiger partial charge in [0.15, 0.2) is 0 Å². The van der Waals surface area contributed by atoms with Gasteiger partial charge in [0.25, 0.3) is 5.56 Å². The number of carboxylic acid groups (broad SMARTS) is 1. The van der Waals surface area contributed by atoms with Gasteiger partial charge in [-0.2, -0.15) is 0 Å². The molecule has 144 valence electrons. The first-order valence-electron chi connectivity index (χ1n) is 8.68. The van der Waals surface area contributed by atoms with E-state index in [1.807, 2.05) is 35.7 Å². The van der Waals surface area contributed by atoms with Crippen molar-refractivity contribution in [2.45, 2.75) is 6.54 Å². The van der Waals surface area contributed by atoms with Gasteiger partial charge in [0, 0.05) is 16.6 Å². The van der Waals surface area contributed by atoms with E-state index >= 15 is 0 Å². The molecule has 0 fully saturated rings. The average Bonchev–Trinajstić information content (AvgIpc) is 3.16. The Morgan fingerprint density at radius 2 is 1.79 bits per heavy atom. The molecule has 0 bridgehead atoms. The van der Waals surface area contributed by atoms with Crippen molar-refractivity contribution in [2.75, 3.05) is 5.32 Å². The summed E-state index contributed by atoms with van der Waals surface area (Å²) in [5, 5.41) is 14.0. The Hall–Kier alpha value is -3.78. The summed E-state index contributed by atoms with van der Waals surface area (Å²) in [6, 6.07) is 15.3. The van der Waals surface area contributed by atoms with E-state index in [0.717, 1.165) is 11.1 Å². The van der Waals surface area contributed by atoms with Crippen LogP contribution in [0.25, 0.3) is 21.3 Å². The molecule has 8 heteroatoms. The summed E-state index contributed by atoms with van der Waals surface area (Å²) in [5.74, 6) is -1.45. The van der Waals surface area contributed by atoms with Gasteiger partial charge in [0.2, 0.25) is 5.91 Å². The second-order valence-corrected chi connectivity index (χ2v) is 7.16. The minimum absolute atomic E-state index is 0.125. The third-order valence-electron chi connectivity index (χ3n) is 4.38. The van der Waals surface area contributed by atoms with Crippen molar-refractivity contribution in [3.05, 3.63) is 82.2 Å². The highest BCUT2D eigenvalue weighted by atomic mass is 32.1. The number of rotatable bonds is 5. The van der Waals surface area contributed by atoms with Gasteiger partial charge in [0.1, 0.15) is 11.4 Å². The van der Waals surface area contributed by atoms with Crippen molar-refractivity contribution in [2.24, 2.45) is 0 Å². The predicted molar refractivity (Wildman–Crippen MR) is 111 cm³/mol. The number of fused-ring (bicyclic) bond motifs is 1. The molecule has 0 unspecified atom stereocenters. The first kappa shape index (κ1) is 18.6. The van der Waals surface area contributed by atoms with Crippen LogP contribution in [0.2, 0.25) is 0 Å². The molecule has 29 heavy (non-hydrogen) atoms. The highest BCUT2D eigenvalue weighted by Gasteiger charge is 2.14. The molecule has 0 aliphatic rings. The summed E-state index contributed by atoms with van der Waals surface area (Å²) in [5.41, 5.74) is 1.99. The molecule has 0 aliphatic carbocycles. The van der Waals surface area contributed by atoms with Crippen LogP contribution in [-0.4, -0.2) is 26.5 Å². The molecule has 0 atom stereocenters. The molecule has 2 aromatic heterocycles. The first-order valence-corrected chi connectivity index (χ1v) is 9.56. The minimum atomic E-state index is -1.04. The molecule has 7 nitrogen and oxygen atoms in total. The molecule has 0 spiro atoms. The van der Waals surface area contributed by atoms with Crippen molar-refractivity contribution in [1.82, 2.24) is 9.55 Å². The normalized spacial score (nSPS) is 10.8. The minimum Gasteiger partial charge on any atom is -0.478 e. The summed E-state index contributed by atoms with van der Waals surface area (Å²) in [7, 11) is 0. The molecule has 2 heterocycles. The number of carbonyl (C=O) groups is 2. The molecule has 1 amide bonds. The van der Waals surface area contributed by atoms with E-state index in [1.54, 1.807) is 0 Å².